The fraction of sp³-hybridized carbons (Fsp3) is 0.688. The van der Waals surface area contributed by atoms with Gasteiger partial charge in [0.15, 0.2) is 11.5 Å². The molecule has 0 bridgehead atoms. The Hall–Kier alpha value is -1.65. The van der Waals surface area contributed by atoms with E-state index in [0.717, 1.165) is 29.4 Å². The summed E-state index contributed by atoms with van der Waals surface area (Å²) >= 11 is 0. The summed E-state index contributed by atoms with van der Waals surface area (Å²) in [6.07, 6.45) is 14.4. The van der Waals surface area contributed by atoms with E-state index in [1.165, 1.54) is 51.4 Å². The zero-order valence-corrected chi connectivity index (χ0v) is 12.5. The second-order valence-corrected chi connectivity index (χ2v) is 6.50. The lowest BCUT2D eigenvalue weighted by Gasteiger charge is -2.21. The minimum absolute atomic E-state index is 0.611. The number of anilines is 1. The Morgan fingerprint density at radius 3 is 2.71 bits per heavy atom. The number of hydrogen-bond acceptors (Lipinski definition) is 4. The first kappa shape index (κ1) is 13.0. The minimum atomic E-state index is 0.611. The molecule has 5 nitrogen and oxygen atoms in total. The molecule has 2 aliphatic carbocycles. The van der Waals surface area contributed by atoms with Crippen molar-refractivity contribution in [3.8, 4) is 0 Å². The van der Waals surface area contributed by atoms with Crippen molar-refractivity contribution in [2.24, 2.45) is 5.92 Å². The molecule has 2 aromatic heterocycles. The summed E-state index contributed by atoms with van der Waals surface area (Å²) in [5.41, 5.74) is 1.90. The average molecular weight is 285 g/mol. The van der Waals surface area contributed by atoms with Crippen molar-refractivity contribution < 1.29 is 0 Å². The number of fused-ring (bicyclic) bond motifs is 1. The minimum Gasteiger partial charge on any atom is -0.368 e. The van der Waals surface area contributed by atoms with E-state index < -0.39 is 0 Å². The fourth-order valence-corrected chi connectivity index (χ4v) is 3.47. The molecule has 1 N–H and O–H groups in total. The largest absolute Gasteiger partial charge is 0.368 e. The molecule has 2 aromatic rings. The average Bonchev–Trinajstić information content (AvgIpc) is 3.28. The zero-order chi connectivity index (χ0) is 14.1. The van der Waals surface area contributed by atoms with Crippen LogP contribution in [-0.2, 0) is 0 Å². The lowest BCUT2D eigenvalue weighted by atomic mass is 9.87. The maximum atomic E-state index is 4.52. The summed E-state index contributed by atoms with van der Waals surface area (Å²) in [7, 11) is 0. The molecule has 2 saturated carbocycles. The molecule has 0 aromatic carbocycles. The summed E-state index contributed by atoms with van der Waals surface area (Å²) < 4.78 is 2.20. The van der Waals surface area contributed by atoms with Crippen LogP contribution in [0.25, 0.3) is 11.2 Å². The van der Waals surface area contributed by atoms with Gasteiger partial charge in [-0.1, -0.05) is 32.1 Å². The number of nitrogens with zero attached hydrogens (tertiary/aromatic N) is 4. The summed E-state index contributed by atoms with van der Waals surface area (Å²) in [5.74, 6) is 1.79. The standard InChI is InChI=1S/C16H23N5/c1-2-4-12(5-3-1)8-9-17-15-14-16(19-10-18-15)21(11-20-14)13-6-7-13/h10-13H,1-9H2,(H,17,18,19). The van der Waals surface area contributed by atoms with Crippen LogP contribution in [0.2, 0.25) is 0 Å². The molecular formula is C16H23N5. The van der Waals surface area contributed by atoms with Gasteiger partial charge >= 0.3 is 0 Å². The second-order valence-electron chi connectivity index (χ2n) is 6.50. The third-order valence-electron chi connectivity index (χ3n) is 4.87. The third-order valence-corrected chi connectivity index (χ3v) is 4.87. The van der Waals surface area contributed by atoms with Crippen molar-refractivity contribution in [2.75, 3.05) is 11.9 Å². The molecule has 112 valence electrons. The van der Waals surface area contributed by atoms with Crippen LogP contribution in [0.15, 0.2) is 12.7 Å². The van der Waals surface area contributed by atoms with E-state index in [-0.39, 0.29) is 0 Å². The van der Waals surface area contributed by atoms with Crippen LogP contribution in [0.1, 0.15) is 57.4 Å². The van der Waals surface area contributed by atoms with E-state index >= 15 is 0 Å². The van der Waals surface area contributed by atoms with Gasteiger partial charge in [-0.3, -0.25) is 0 Å². The lowest BCUT2D eigenvalue weighted by molar-refractivity contribution is 0.345. The maximum absolute atomic E-state index is 4.52. The van der Waals surface area contributed by atoms with E-state index in [4.69, 9.17) is 0 Å². The summed E-state index contributed by atoms with van der Waals surface area (Å²) in [6.45, 7) is 0.993. The molecule has 0 radical (unpaired) electrons. The predicted octanol–water partition coefficient (Wildman–Crippen LogP) is 3.54. The Balaban J connectivity index is 1.43. The maximum Gasteiger partial charge on any atom is 0.165 e. The van der Waals surface area contributed by atoms with Crippen molar-refractivity contribution in [3.63, 3.8) is 0 Å². The van der Waals surface area contributed by atoms with Gasteiger partial charge in [0.05, 0.1) is 6.33 Å². The molecule has 2 aliphatic rings. The van der Waals surface area contributed by atoms with Crippen LogP contribution in [0.4, 0.5) is 5.82 Å². The molecule has 4 rings (SSSR count). The topological polar surface area (TPSA) is 55.6 Å². The van der Waals surface area contributed by atoms with Crippen LogP contribution >= 0.6 is 0 Å². The van der Waals surface area contributed by atoms with E-state index in [1.54, 1.807) is 6.33 Å². The van der Waals surface area contributed by atoms with Gasteiger partial charge in [0.1, 0.15) is 11.8 Å². The first-order valence-corrected chi connectivity index (χ1v) is 8.33. The van der Waals surface area contributed by atoms with Crippen molar-refractivity contribution in [1.29, 1.82) is 0 Å². The van der Waals surface area contributed by atoms with Crippen molar-refractivity contribution >= 4 is 17.0 Å². The van der Waals surface area contributed by atoms with Gasteiger partial charge in [-0.25, -0.2) is 15.0 Å². The van der Waals surface area contributed by atoms with Gasteiger partial charge in [-0.05, 0) is 25.2 Å². The second kappa shape index (κ2) is 5.62. The number of nitrogens with one attached hydrogen (secondary N) is 1. The van der Waals surface area contributed by atoms with Gasteiger partial charge < -0.3 is 9.88 Å². The number of rotatable bonds is 5. The number of aromatic nitrogens is 4. The van der Waals surface area contributed by atoms with Crippen LogP contribution in [-0.4, -0.2) is 26.1 Å². The summed E-state index contributed by atoms with van der Waals surface area (Å²) in [6, 6.07) is 0.611. The molecule has 0 amide bonds. The molecular weight excluding hydrogens is 262 g/mol. The van der Waals surface area contributed by atoms with Gasteiger partial charge in [-0.2, -0.15) is 0 Å². The van der Waals surface area contributed by atoms with Crippen LogP contribution in [0.3, 0.4) is 0 Å². The molecule has 0 aliphatic heterocycles. The predicted molar refractivity (Wildman–Crippen MR) is 83.3 cm³/mol. The molecule has 0 spiro atoms. The van der Waals surface area contributed by atoms with Gasteiger partial charge in [0.2, 0.25) is 0 Å². The highest BCUT2D eigenvalue weighted by atomic mass is 15.2. The number of hydrogen-bond donors (Lipinski definition) is 1. The molecule has 0 unspecified atom stereocenters. The quantitative estimate of drug-likeness (QED) is 0.913. The fourth-order valence-electron chi connectivity index (χ4n) is 3.47. The lowest BCUT2D eigenvalue weighted by Crippen LogP contribution is -2.13. The smallest absolute Gasteiger partial charge is 0.165 e. The van der Waals surface area contributed by atoms with Gasteiger partial charge in [0, 0.05) is 12.6 Å². The molecule has 21 heavy (non-hydrogen) atoms. The first-order valence-electron chi connectivity index (χ1n) is 8.33. The normalized spacial score (nSPS) is 20.0. The Morgan fingerprint density at radius 1 is 1.05 bits per heavy atom. The SMILES string of the molecule is c1nc(NCCC2CCCCC2)c2ncn(C3CC3)c2n1. The highest BCUT2D eigenvalue weighted by molar-refractivity contribution is 5.82. The molecule has 0 atom stereocenters. The first-order chi connectivity index (χ1) is 10.4. The summed E-state index contributed by atoms with van der Waals surface area (Å²) in [5, 5.41) is 3.48. The zero-order valence-electron chi connectivity index (χ0n) is 12.5. The molecule has 2 heterocycles. The van der Waals surface area contributed by atoms with Crippen LogP contribution in [0, 0.1) is 5.92 Å². The molecule has 5 heteroatoms. The monoisotopic (exact) mass is 285 g/mol. The number of imidazole rings is 1. The highest BCUT2D eigenvalue weighted by Gasteiger charge is 2.26. The summed E-state index contributed by atoms with van der Waals surface area (Å²) in [4.78, 5) is 13.3. The van der Waals surface area contributed by atoms with Crippen molar-refractivity contribution in [2.45, 2.75) is 57.4 Å². The van der Waals surface area contributed by atoms with E-state index in [9.17, 15) is 0 Å². The van der Waals surface area contributed by atoms with Crippen molar-refractivity contribution in [1.82, 2.24) is 19.5 Å². The van der Waals surface area contributed by atoms with E-state index in [2.05, 4.69) is 24.8 Å². The molecule has 2 fully saturated rings. The Bertz CT molecular complexity index is 610. The Labute approximate surface area is 125 Å². The Morgan fingerprint density at radius 2 is 1.90 bits per heavy atom. The Kier molecular flexibility index (Phi) is 3.49. The van der Waals surface area contributed by atoms with Gasteiger partial charge in [0.25, 0.3) is 0 Å². The van der Waals surface area contributed by atoms with Crippen LogP contribution < -0.4 is 5.32 Å². The van der Waals surface area contributed by atoms with E-state index in [0.29, 0.717) is 6.04 Å². The van der Waals surface area contributed by atoms with Crippen LogP contribution in [0.5, 0.6) is 0 Å². The van der Waals surface area contributed by atoms with Gasteiger partial charge in [-0.15, -0.1) is 0 Å². The van der Waals surface area contributed by atoms with Crippen molar-refractivity contribution in [3.05, 3.63) is 12.7 Å². The molecule has 0 saturated heterocycles. The third kappa shape index (κ3) is 2.74. The van der Waals surface area contributed by atoms with E-state index in [1.807, 2.05) is 6.33 Å². The highest BCUT2D eigenvalue weighted by Crippen LogP contribution is 2.37.